The summed E-state index contributed by atoms with van der Waals surface area (Å²) in [6.07, 6.45) is 2.38. The van der Waals surface area contributed by atoms with Gasteiger partial charge in [-0.25, -0.2) is 18.7 Å². The Balaban J connectivity index is 1.93. The van der Waals surface area contributed by atoms with Gasteiger partial charge in [0.2, 0.25) is 0 Å². The van der Waals surface area contributed by atoms with Crippen LogP contribution in [0.25, 0.3) is 28.2 Å². The Bertz CT molecular complexity index is 1150. The molecule has 150 valence electrons. The van der Waals surface area contributed by atoms with E-state index in [0.717, 1.165) is 16.7 Å². The minimum atomic E-state index is -2.50. The molecule has 3 aromatic heterocycles. The molecule has 0 radical (unpaired) electrons. The molecular formula is C22H22F2N4O. The van der Waals surface area contributed by atoms with Gasteiger partial charge in [0.25, 0.3) is 6.43 Å². The van der Waals surface area contributed by atoms with Crippen LogP contribution in [0.3, 0.4) is 0 Å². The minimum absolute atomic E-state index is 0.450. The van der Waals surface area contributed by atoms with E-state index in [0.29, 0.717) is 22.7 Å². The first-order valence-electron chi connectivity index (χ1n) is 9.34. The van der Waals surface area contributed by atoms with Gasteiger partial charge in [-0.2, -0.15) is 0 Å². The number of halogens is 2. The maximum Gasteiger partial charge on any atom is 0.256 e. The van der Waals surface area contributed by atoms with E-state index in [-0.39, 0.29) is 0 Å². The number of nitrogens with zero attached hydrogens (tertiary/aromatic N) is 4. The molecule has 0 fully saturated rings. The van der Waals surface area contributed by atoms with Crippen molar-refractivity contribution in [2.75, 3.05) is 0 Å². The lowest BCUT2D eigenvalue weighted by atomic mass is 10.0. The number of alkyl halides is 2. The zero-order chi connectivity index (χ0) is 20.8. The smallest absolute Gasteiger partial charge is 0.256 e. The number of pyridine rings is 1. The monoisotopic (exact) mass is 396 g/mol. The van der Waals surface area contributed by atoms with Crippen LogP contribution in [0.2, 0.25) is 0 Å². The number of aromatic nitrogens is 4. The average molecular weight is 396 g/mol. The molecule has 0 aliphatic heterocycles. The molecule has 7 heteroatoms. The van der Waals surface area contributed by atoms with E-state index in [9.17, 15) is 13.9 Å². The van der Waals surface area contributed by atoms with Crippen molar-refractivity contribution in [2.45, 2.75) is 39.3 Å². The van der Waals surface area contributed by atoms with Crippen LogP contribution in [0.5, 0.6) is 0 Å². The SMILES string of the molecule is Cc1ccc(-c2ncn(CC(F)F)c2-c2ccc3ncc(C(C)(C)O)n3c2)cc1. The molecule has 0 amide bonds. The van der Waals surface area contributed by atoms with Crippen molar-refractivity contribution in [3.05, 3.63) is 66.4 Å². The van der Waals surface area contributed by atoms with Gasteiger partial charge in [-0.05, 0) is 32.9 Å². The number of benzene rings is 1. The van der Waals surface area contributed by atoms with Crippen LogP contribution in [0.1, 0.15) is 25.1 Å². The van der Waals surface area contributed by atoms with Crippen molar-refractivity contribution in [1.82, 2.24) is 18.9 Å². The molecule has 1 N–H and O–H groups in total. The van der Waals surface area contributed by atoms with Gasteiger partial charge in [-0.3, -0.25) is 0 Å². The summed E-state index contributed by atoms with van der Waals surface area (Å²) in [5, 5.41) is 10.5. The Kier molecular flexibility index (Phi) is 4.70. The topological polar surface area (TPSA) is 55.3 Å². The molecule has 4 rings (SSSR count). The van der Waals surface area contributed by atoms with Gasteiger partial charge >= 0.3 is 0 Å². The standard InChI is InChI=1S/C22H22F2N4O/c1-14-4-6-15(7-5-14)20-21(27(13-26-20)12-18(23)24)16-8-9-19-25-10-17(22(2,3)29)28(19)11-16/h4-11,13,18,29H,12H2,1-3H3. The Morgan fingerprint density at radius 1 is 1.03 bits per heavy atom. The van der Waals surface area contributed by atoms with Crippen molar-refractivity contribution in [2.24, 2.45) is 0 Å². The van der Waals surface area contributed by atoms with Crippen molar-refractivity contribution in [1.29, 1.82) is 0 Å². The Morgan fingerprint density at radius 3 is 2.38 bits per heavy atom. The number of aliphatic hydroxyl groups is 1. The highest BCUT2D eigenvalue weighted by molar-refractivity contribution is 5.79. The summed E-state index contributed by atoms with van der Waals surface area (Å²) >= 11 is 0. The molecule has 5 nitrogen and oxygen atoms in total. The predicted octanol–water partition coefficient (Wildman–Crippen LogP) is 4.67. The van der Waals surface area contributed by atoms with Gasteiger partial charge in [-0.1, -0.05) is 29.8 Å². The Morgan fingerprint density at radius 2 is 1.72 bits per heavy atom. The maximum absolute atomic E-state index is 13.2. The van der Waals surface area contributed by atoms with Crippen LogP contribution < -0.4 is 0 Å². The summed E-state index contributed by atoms with van der Waals surface area (Å²) in [5.41, 5.74) is 4.11. The van der Waals surface area contributed by atoms with E-state index >= 15 is 0 Å². The fraction of sp³-hybridized carbons (Fsp3) is 0.273. The quantitative estimate of drug-likeness (QED) is 0.534. The van der Waals surface area contributed by atoms with Crippen LogP contribution >= 0.6 is 0 Å². The molecule has 0 bridgehead atoms. The molecular weight excluding hydrogens is 374 g/mol. The second kappa shape index (κ2) is 7.08. The lowest BCUT2D eigenvalue weighted by Gasteiger charge is -2.17. The van der Waals surface area contributed by atoms with Gasteiger partial charge in [0.05, 0.1) is 36.2 Å². The third kappa shape index (κ3) is 3.65. The van der Waals surface area contributed by atoms with E-state index in [1.807, 2.05) is 49.5 Å². The normalized spacial score (nSPS) is 12.2. The van der Waals surface area contributed by atoms with E-state index in [4.69, 9.17) is 0 Å². The van der Waals surface area contributed by atoms with E-state index < -0.39 is 18.6 Å². The van der Waals surface area contributed by atoms with Crippen LogP contribution in [0.4, 0.5) is 8.78 Å². The summed E-state index contributed by atoms with van der Waals surface area (Å²) in [6, 6.07) is 11.5. The van der Waals surface area contributed by atoms with Crippen LogP contribution in [0.15, 0.2) is 55.1 Å². The van der Waals surface area contributed by atoms with Crippen LogP contribution in [-0.2, 0) is 12.1 Å². The van der Waals surface area contributed by atoms with E-state index in [1.54, 1.807) is 24.4 Å². The largest absolute Gasteiger partial charge is 0.384 e. The first kappa shape index (κ1) is 19.3. The zero-order valence-electron chi connectivity index (χ0n) is 16.5. The minimum Gasteiger partial charge on any atom is -0.384 e. The first-order valence-corrected chi connectivity index (χ1v) is 9.34. The lowest BCUT2D eigenvalue weighted by Crippen LogP contribution is -2.18. The molecule has 3 heterocycles. The maximum atomic E-state index is 13.2. The van der Waals surface area contributed by atoms with Crippen LogP contribution in [0, 0.1) is 6.92 Å². The number of rotatable bonds is 5. The third-order valence-electron chi connectivity index (χ3n) is 4.90. The van der Waals surface area contributed by atoms with Crippen molar-refractivity contribution >= 4 is 5.65 Å². The van der Waals surface area contributed by atoms with Crippen molar-refractivity contribution in [3.8, 4) is 22.5 Å². The molecule has 0 saturated carbocycles. The summed E-state index contributed by atoms with van der Waals surface area (Å²) < 4.78 is 29.7. The second-order valence-electron chi connectivity index (χ2n) is 7.70. The number of hydrogen-bond donors (Lipinski definition) is 1. The Labute approximate surface area is 167 Å². The summed E-state index contributed by atoms with van der Waals surface area (Å²) in [5.74, 6) is 0. The lowest BCUT2D eigenvalue weighted by molar-refractivity contribution is 0.0730. The van der Waals surface area contributed by atoms with Crippen molar-refractivity contribution in [3.63, 3.8) is 0 Å². The number of aryl methyl sites for hydroxylation is 1. The summed E-state index contributed by atoms with van der Waals surface area (Å²) in [7, 11) is 0. The highest BCUT2D eigenvalue weighted by Crippen LogP contribution is 2.33. The zero-order valence-corrected chi connectivity index (χ0v) is 16.5. The molecule has 0 aliphatic rings. The fourth-order valence-electron chi connectivity index (χ4n) is 3.47. The number of fused-ring (bicyclic) bond motifs is 1. The van der Waals surface area contributed by atoms with E-state index in [2.05, 4.69) is 9.97 Å². The third-order valence-corrected chi connectivity index (χ3v) is 4.90. The summed E-state index contributed by atoms with van der Waals surface area (Å²) in [6.45, 7) is 4.91. The molecule has 1 aromatic carbocycles. The highest BCUT2D eigenvalue weighted by atomic mass is 19.3. The van der Waals surface area contributed by atoms with Crippen LogP contribution in [-0.4, -0.2) is 30.5 Å². The molecule has 29 heavy (non-hydrogen) atoms. The molecule has 4 aromatic rings. The molecule has 0 saturated heterocycles. The van der Waals surface area contributed by atoms with Crippen molar-refractivity contribution < 1.29 is 13.9 Å². The second-order valence-corrected chi connectivity index (χ2v) is 7.70. The number of hydrogen-bond acceptors (Lipinski definition) is 3. The van der Waals surface area contributed by atoms with Gasteiger partial charge in [-0.15, -0.1) is 0 Å². The van der Waals surface area contributed by atoms with Gasteiger partial charge in [0.15, 0.2) is 0 Å². The molecule has 0 spiro atoms. The first-order chi connectivity index (χ1) is 13.7. The summed E-state index contributed by atoms with van der Waals surface area (Å²) in [4.78, 5) is 8.77. The number of imidazole rings is 2. The van der Waals surface area contributed by atoms with Gasteiger partial charge in [0, 0.05) is 17.3 Å². The van der Waals surface area contributed by atoms with Gasteiger partial charge in [0.1, 0.15) is 11.2 Å². The highest BCUT2D eigenvalue weighted by Gasteiger charge is 2.22. The molecule has 0 aliphatic carbocycles. The fourth-order valence-corrected chi connectivity index (χ4v) is 3.47. The predicted molar refractivity (Wildman–Crippen MR) is 108 cm³/mol. The molecule has 0 atom stereocenters. The Hall–Kier alpha value is -3.06. The van der Waals surface area contributed by atoms with E-state index in [1.165, 1.54) is 10.9 Å². The van der Waals surface area contributed by atoms with Gasteiger partial charge < -0.3 is 14.1 Å². The average Bonchev–Trinajstić information content (AvgIpc) is 3.25. The molecule has 0 unspecified atom stereocenters.